The van der Waals surface area contributed by atoms with Gasteiger partial charge in [-0.15, -0.1) is 0 Å². The number of carbonyl (C=O) groups is 1. The zero-order valence-electron chi connectivity index (χ0n) is 11.7. The monoisotopic (exact) mass is 345 g/mol. The van der Waals surface area contributed by atoms with Gasteiger partial charge in [0, 0.05) is 10.2 Å². The Morgan fingerprint density at radius 2 is 2.05 bits per heavy atom. The number of para-hydroxylation sites is 1. The minimum Gasteiger partial charge on any atom is -0.494 e. The lowest BCUT2D eigenvalue weighted by molar-refractivity contribution is -0.117. The van der Waals surface area contributed by atoms with Crippen LogP contribution < -0.4 is 10.1 Å². The number of rotatable bonds is 4. The molecule has 1 aliphatic heterocycles. The second-order valence-corrected chi connectivity index (χ2v) is 5.93. The Morgan fingerprint density at radius 1 is 1.24 bits per heavy atom. The van der Waals surface area contributed by atoms with E-state index in [-0.39, 0.29) is 11.8 Å². The van der Waals surface area contributed by atoms with Crippen LogP contribution in [0.2, 0.25) is 0 Å². The van der Waals surface area contributed by atoms with Crippen molar-refractivity contribution < 1.29 is 9.53 Å². The number of hydrogen-bond donors (Lipinski definition) is 1. The lowest BCUT2D eigenvalue weighted by Crippen LogP contribution is -2.14. The van der Waals surface area contributed by atoms with E-state index in [9.17, 15) is 4.79 Å². The van der Waals surface area contributed by atoms with Crippen LogP contribution in [0.15, 0.2) is 46.9 Å². The summed E-state index contributed by atoms with van der Waals surface area (Å²) >= 11 is 3.47. The first-order chi connectivity index (χ1) is 10.2. The van der Waals surface area contributed by atoms with Gasteiger partial charge in [0.15, 0.2) is 0 Å². The predicted octanol–water partition coefficient (Wildman–Crippen LogP) is 4.13. The number of benzene rings is 2. The highest BCUT2D eigenvalue weighted by Crippen LogP contribution is 2.37. The molecule has 2 aromatic carbocycles. The predicted molar refractivity (Wildman–Crippen MR) is 86.8 cm³/mol. The van der Waals surface area contributed by atoms with Crippen molar-refractivity contribution in [2.75, 3.05) is 11.9 Å². The molecule has 4 heteroatoms. The van der Waals surface area contributed by atoms with E-state index >= 15 is 0 Å². The van der Waals surface area contributed by atoms with Gasteiger partial charge in [-0.05, 0) is 48.7 Å². The Bertz CT molecular complexity index is 684. The molecule has 0 fully saturated rings. The first-order valence-electron chi connectivity index (χ1n) is 7.00. The van der Waals surface area contributed by atoms with E-state index < -0.39 is 0 Å². The van der Waals surface area contributed by atoms with Crippen molar-refractivity contribution in [3.8, 4) is 5.75 Å². The molecular weight excluding hydrogens is 330 g/mol. The lowest BCUT2D eigenvalue weighted by Gasteiger charge is -2.13. The van der Waals surface area contributed by atoms with Gasteiger partial charge in [0.1, 0.15) is 5.75 Å². The largest absolute Gasteiger partial charge is 0.494 e. The van der Waals surface area contributed by atoms with E-state index in [1.807, 2.05) is 49.4 Å². The summed E-state index contributed by atoms with van der Waals surface area (Å²) in [5.41, 5.74) is 3.01. The van der Waals surface area contributed by atoms with Gasteiger partial charge in [-0.3, -0.25) is 4.79 Å². The highest BCUT2D eigenvalue weighted by atomic mass is 79.9. The summed E-state index contributed by atoms with van der Waals surface area (Å²) in [5.74, 6) is 0.741. The molecule has 1 heterocycles. The minimum atomic E-state index is -0.167. The number of fused-ring (bicyclic) bond motifs is 1. The summed E-state index contributed by atoms with van der Waals surface area (Å²) in [4.78, 5) is 12.2. The molecule has 0 aliphatic carbocycles. The first-order valence-corrected chi connectivity index (χ1v) is 7.79. The van der Waals surface area contributed by atoms with Crippen molar-refractivity contribution >= 4 is 27.5 Å². The van der Waals surface area contributed by atoms with Gasteiger partial charge < -0.3 is 10.1 Å². The third-order valence-electron chi connectivity index (χ3n) is 3.66. The number of carbonyl (C=O) groups excluding carboxylic acids is 1. The van der Waals surface area contributed by atoms with Crippen molar-refractivity contribution in [2.24, 2.45) is 0 Å². The smallest absolute Gasteiger partial charge is 0.232 e. The van der Waals surface area contributed by atoms with Crippen LogP contribution in [0.3, 0.4) is 0 Å². The second kappa shape index (κ2) is 5.90. The number of halogens is 1. The highest BCUT2D eigenvalue weighted by molar-refractivity contribution is 9.10. The van der Waals surface area contributed by atoms with E-state index in [1.165, 1.54) is 0 Å². The Morgan fingerprint density at radius 3 is 2.86 bits per heavy atom. The van der Waals surface area contributed by atoms with Crippen LogP contribution in [0.4, 0.5) is 5.69 Å². The number of hydrogen-bond acceptors (Lipinski definition) is 2. The molecular formula is C17H16BrNO2. The molecule has 3 nitrogen and oxygen atoms in total. The fourth-order valence-electron chi connectivity index (χ4n) is 2.69. The maximum atomic E-state index is 12.2. The zero-order chi connectivity index (χ0) is 14.8. The van der Waals surface area contributed by atoms with E-state index in [2.05, 4.69) is 21.2 Å². The van der Waals surface area contributed by atoms with Gasteiger partial charge in [0.2, 0.25) is 5.91 Å². The summed E-state index contributed by atoms with van der Waals surface area (Å²) in [7, 11) is 0. The molecule has 0 spiro atoms. The summed E-state index contributed by atoms with van der Waals surface area (Å²) in [5, 5.41) is 2.95. The third-order valence-corrected chi connectivity index (χ3v) is 4.15. The van der Waals surface area contributed by atoms with Crippen LogP contribution in [-0.4, -0.2) is 12.5 Å². The lowest BCUT2D eigenvalue weighted by atomic mass is 9.93. The van der Waals surface area contributed by atoms with Gasteiger partial charge in [-0.2, -0.15) is 0 Å². The van der Waals surface area contributed by atoms with Crippen LogP contribution in [0, 0.1) is 0 Å². The molecule has 1 aliphatic rings. The molecule has 1 amide bonds. The molecule has 0 saturated carbocycles. The molecule has 1 atom stereocenters. The topological polar surface area (TPSA) is 38.3 Å². The van der Waals surface area contributed by atoms with Crippen LogP contribution in [0.1, 0.15) is 24.0 Å². The van der Waals surface area contributed by atoms with Gasteiger partial charge in [-0.1, -0.05) is 34.1 Å². The second-order valence-electron chi connectivity index (χ2n) is 5.02. The Labute approximate surface area is 132 Å². The Kier molecular flexibility index (Phi) is 3.97. The third kappa shape index (κ3) is 2.81. The number of ether oxygens (including phenoxy) is 1. The fourth-order valence-corrected chi connectivity index (χ4v) is 3.07. The van der Waals surface area contributed by atoms with Crippen molar-refractivity contribution in [2.45, 2.75) is 19.3 Å². The van der Waals surface area contributed by atoms with Crippen molar-refractivity contribution in [3.05, 3.63) is 58.1 Å². The van der Waals surface area contributed by atoms with Gasteiger partial charge in [-0.25, -0.2) is 0 Å². The maximum absolute atomic E-state index is 12.2. The quantitative estimate of drug-likeness (QED) is 0.904. The molecule has 0 unspecified atom stereocenters. The summed E-state index contributed by atoms with van der Waals surface area (Å²) in [6.07, 6.45) is 0.644. The van der Waals surface area contributed by atoms with Gasteiger partial charge in [0.05, 0.1) is 12.5 Å². The fraction of sp³-hybridized carbons (Fsp3) is 0.235. The average Bonchev–Trinajstić information content (AvgIpc) is 2.77. The molecule has 108 valence electrons. The van der Waals surface area contributed by atoms with Crippen LogP contribution >= 0.6 is 15.9 Å². The van der Waals surface area contributed by atoms with E-state index in [0.29, 0.717) is 13.0 Å². The number of nitrogens with one attached hydrogen (secondary N) is 1. The number of amides is 1. The first kappa shape index (κ1) is 14.1. The van der Waals surface area contributed by atoms with Crippen molar-refractivity contribution in [1.82, 2.24) is 0 Å². The molecule has 2 aromatic rings. The van der Waals surface area contributed by atoms with E-state index in [0.717, 1.165) is 27.0 Å². The van der Waals surface area contributed by atoms with E-state index in [4.69, 9.17) is 4.74 Å². The summed E-state index contributed by atoms with van der Waals surface area (Å²) in [6, 6.07) is 13.8. The molecule has 1 N–H and O–H groups in total. The van der Waals surface area contributed by atoms with Crippen molar-refractivity contribution in [1.29, 1.82) is 0 Å². The van der Waals surface area contributed by atoms with Crippen LogP contribution in [0.5, 0.6) is 5.75 Å². The number of anilines is 1. The SMILES string of the molecule is CCOc1ccccc1C[C@@H]1C(=O)Nc2ccc(Br)cc21. The summed E-state index contributed by atoms with van der Waals surface area (Å²) in [6.45, 7) is 2.58. The van der Waals surface area contributed by atoms with E-state index in [1.54, 1.807) is 0 Å². The minimum absolute atomic E-state index is 0.0504. The van der Waals surface area contributed by atoms with Gasteiger partial charge >= 0.3 is 0 Å². The standard InChI is InChI=1S/C17H16BrNO2/c1-2-21-16-6-4-3-5-11(16)9-14-13-10-12(18)7-8-15(13)19-17(14)20/h3-8,10,14H,2,9H2,1H3,(H,19,20)/t14-/m0/s1. The molecule has 0 saturated heterocycles. The van der Waals surface area contributed by atoms with Gasteiger partial charge in [0.25, 0.3) is 0 Å². The molecule has 0 aromatic heterocycles. The van der Waals surface area contributed by atoms with Crippen LogP contribution in [-0.2, 0) is 11.2 Å². The van der Waals surface area contributed by atoms with Crippen molar-refractivity contribution in [3.63, 3.8) is 0 Å². The molecule has 21 heavy (non-hydrogen) atoms. The Hall–Kier alpha value is -1.81. The zero-order valence-corrected chi connectivity index (χ0v) is 13.3. The molecule has 3 rings (SSSR count). The van der Waals surface area contributed by atoms with Crippen LogP contribution in [0.25, 0.3) is 0 Å². The molecule has 0 bridgehead atoms. The maximum Gasteiger partial charge on any atom is 0.232 e. The Balaban J connectivity index is 1.93. The highest BCUT2D eigenvalue weighted by Gasteiger charge is 2.31. The average molecular weight is 346 g/mol. The normalized spacial score (nSPS) is 16.5. The summed E-state index contributed by atoms with van der Waals surface area (Å²) < 4.78 is 6.64. The molecule has 0 radical (unpaired) electrons.